The Morgan fingerprint density at radius 1 is 1.00 bits per heavy atom. The van der Waals surface area contributed by atoms with Gasteiger partial charge in [-0.05, 0) is 17.7 Å². The Labute approximate surface area is 142 Å². The van der Waals surface area contributed by atoms with Crippen LogP contribution in [0.3, 0.4) is 0 Å². The van der Waals surface area contributed by atoms with Gasteiger partial charge < -0.3 is 4.90 Å². The molecule has 0 saturated heterocycles. The first-order chi connectivity index (χ1) is 11.5. The number of rotatable bonds is 7. The van der Waals surface area contributed by atoms with Crippen molar-refractivity contribution >= 4 is 15.7 Å². The number of amides is 1. The molecule has 5 heteroatoms. The lowest BCUT2D eigenvalue weighted by Crippen LogP contribution is -2.29. The molecule has 1 amide bonds. The smallest absolute Gasteiger partial charge is 0.247 e. The number of nitrogens with zero attached hydrogens (tertiary/aromatic N) is 1. The second kappa shape index (κ2) is 8.26. The van der Waals surface area contributed by atoms with Gasteiger partial charge in [0, 0.05) is 24.6 Å². The zero-order valence-corrected chi connectivity index (χ0v) is 14.0. The van der Waals surface area contributed by atoms with Crippen molar-refractivity contribution in [1.82, 2.24) is 4.90 Å². The summed E-state index contributed by atoms with van der Waals surface area (Å²) in [6.07, 6.45) is 2.70. The average molecular weight is 341 g/mol. The lowest BCUT2D eigenvalue weighted by Gasteiger charge is -2.19. The fourth-order valence-corrected chi connectivity index (χ4v) is 3.12. The summed E-state index contributed by atoms with van der Waals surface area (Å²) in [6, 6.07) is 17.5. The third-order valence-electron chi connectivity index (χ3n) is 3.34. The summed E-state index contributed by atoms with van der Waals surface area (Å²) >= 11 is 0. The maximum absolute atomic E-state index is 12.3. The van der Waals surface area contributed by atoms with Crippen LogP contribution in [0.15, 0.2) is 89.7 Å². The molecule has 0 atom stereocenters. The monoisotopic (exact) mass is 341 g/mol. The van der Waals surface area contributed by atoms with E-state index in [1.807, 2.05) is 30.3 Å². The first-order valence-electron chi connectivity index (χ1n) is 7.45. The summed E-state index contributed by atoms with van der Waals surface area (Å²) in [5, 5.41) is 0.950. The van der Waals surface area contributed by atoms with Crippen molar-refractivity contribution in [2.24, 2.45) is 0 Å². The summed E-state index contributed by atoms with van der Waals surface area (Å²) in [5.41, 5.74) is 0.965. The molecule has 0 aliphatic heterocycles. The minimum absolute atomic E-state index is 0.160. The second-order valence-corrected chi connectivity index (χ2v) is 6.99. The average Bonchev–Trinajstić information content (AvgIpc) is 2.61. The number of hydrogen-bond donors (Lipinski definition) is 0. The van der Waals surface area contributed by atoms with Gasteiger partial charge in [-0.25, -0.2) is 8.42 Å². The molecule has 4 nitrogen and oxygen atoms in total. The molecule has 0 aromatic heterocycles. The molecule has 0 spiro atoms. The Balaban J connectivity index is 2.14. The van der Waals surface area contributed by atoms with Crippen molar-refractivity contribution < 1.29 is 13.2 Å². The fraction of sp³-hybridized carbons (Fsp3) is 0.105. The summed E-state index contributed by atoms with van der Waals surface area (Å²) < 4.78 is 24.4. The van der Waals surface area contributed by atoms with E-state index in [0.717, 1.165) is 17.0 Å². The minimum Gasteiger partial charge on any atom is -0.331 e. The van der Waals surface area contributed by atoms with Gasteiger partial charge >= 0.3 is 0 Å². The van der Waals surface area contributed by atoms with Gasteiger partial charge in [0.2, 0.25) is 5.91 Å². The summed E-state index contributed by atoms with van der Waals surface area (Å²) in [5.74, 6) is -0.377. The second-order valence-electron chi connectivity index (χ2n) is 5.15. The third-order valence-corrected chi connectivity index (χ3v) is 4.76. The van der Waals surface area contributed by atoms with E-state index in [9.17, 15) is 13.2 Å². The van der Waals surface area contributed by atoms with E-state index in [-0.39, 0.29) is 10.8 Å². The molecule has 2 aromatic rings. The maximum atomic E-state index is 12.3. The van der Waals surface area contributed by atoms with Crippen LogP contribution in [-0.2, 0) is 21.2 Å². The van der Waals surface area contributed by atoms with E-state index in [1.54, 1.807) is 24.3 Å². The summed E-state index contributed by atoms with van der Waals surface area (Å²) in [7, 11) is -3.63. The van der Waals surface area contributed by atoms with Crippen LogP contribution in [0.2, 0.25) is 0 Å². The van der Waals surface area contributed by atoms with Gasteiger partial charge in [-0.3, -0.25) is 4.79 Å². The lowest BCUT2D eigenvalue weighted by molar-refractivity contribution is -0.126. The topological polar surface area (TPSA) is 54.5 Å². The predicted molar refractivity (Wildman–Crippen MR) is 94.8 cm³/mol. The third kappa shape index (κ3) is 4.93. The van der Waals surface area contributed by atoms with Crippen molar-refractivity contribution in [2.75, 3.05) is 6.54 Å². The standard InChI is InChI=1S/C19H19NO3S/c1-2-14-20(16-17-9-5-3-6-10-17)19(21)13-15-24(22,23)18-11-7-4-8-12-18/h2-13,15H,1,14,16H2/b15-13+. The van der Waals surface area contributed by atoms with Crippen molar-refractivity contribution in [1.29, 1.82) is 0 Å². The molecule has 0 aliphatic rings. The fourth-order valence-electron chi connectivity index (χ4n) is 2.13. The van der Waals surface area contributed by atoms with Gasteiger partial charge in [-0.15, -0.1) is 6.58 Å². The lowest BCUT2D eigenvalue weighted by atomic mass is 10.2. The van der Waals surface area contributed by atoms with E-state index in [1.165, 1.54) is 17.0 Å². The van der Waals surface area contributed by atoms with E-state index in [0.29, 0.717) is 13.1 Å². The molecule has 0 N–H and O–H groups in total. The molecule has 0 aliphatic carbocycles. The highest BCUT2D eigenvalue weighted by Gasteiger charge is 2.13. The molecule has 2 rings (SSSR count). The Hall–Kier alpha value is -2.66. The Bertz CT molecular complexity index is 812. The summed E-state index contributed by atoms with van der Waals surface area (Å²) in [6.45, 7) is 4.37. The molecule has 0 saturated carbocycles. The van der Waals surface area contributed by atoms with Gasteiger partial charge in [0.1, 0.15) is 0 Å². The van der Waals surface area contributed by atoms with Crippen molar-refractivity contribution in [2.45, 2.75) is 11.4 Å². The van der Waals surface area contributed by atoms with Crippen molar-refractivity contribution in [3.63, 3.8) is 0 Å². The van der Waals surface area contributed by atoms with Gasteiger partial charge in [0.25, 0.3) is 0 Å². The highest BCUT2D eigenvalue weighted by atomic mass is 32.2. The normalized spacial score (nSPS) is 11.3. The van der Waals surface area contributed by atoms with Crippen molar-refractivity contribution in [3.8, 4) is 0 Å². The number of sulfone groups is 1. The van der Waals surface area contributed by atoms with E-state index in [4.69, 9.17) is 0 Å². The molecule has 0 bridgehead atoms. The first kappa shape index (κ1) is 17.7. The van der Waals surface area contributed by atoms with E-state index in [2.05, 4.69) is 6.58 Å². The predicted octanol–water partition coefficient (Wildman–Crippen LogP) is 3.19. The SMILES string of the molecule is C=CCN(Cc1ccccc1)C(=O)/C=C/S(=O)(=O)c1ccccc1. The number of hydrogen-bond acceptors (Lipinski definition) is 3. The Kier molecular flexibility index (Phi) is 6.09. The van der Waals surface area contributed by atoms with Crippen LogP contribution in [0.1, 0.15) is 5.56 Å². The molecule has 0 heterocycles. The number of carbonyl (C=O) groups excluding carboxylic acids is 1. The molecule has 0 fully saturated rings. The number of benzene rings is 2. The number of carbonyl (C=O) groups is 1. The molecule has 0 unspecified atom stereocenters. The van der Waals surface area contributed by atoms with E-state index >= 15 is 0 Å². The molecule has 24 heavy (non-hydrogen) atoms. The largest absolute Gasteiger partial charge is 0.331 e. The van der Waals surface area contributed by atoms with Crippen LogP contribution < -0.4 is 0 Å². The zero-order valence-electron chi connectivity index (χ0n) is 13.2. The van der Waals surface area contributed by atoms with Crippen LogP contribution >= 0.6 is 0 Å². The van der Waals surface area contributed by atoms with Gasteiger partial charge in [-0.1, -0.05) is 54.6 Å². The maximum Gasteiger partial charge on any atom is 0.247 e. The Morgan fingerprint density at radius 2 is 1.58 bits per heavy atom. The van der Waals surface area contributed by atoms with E-state index < -0.39 is 9.84 Å². The van der Waals surface area contributed by atoms with Gasteiger partial charge in [0.15, 0.2) is 9.84 Å². The highest BCUT2D eigenvalue weighted by Crippen LogP contribution is 2.12. The van der Waals surface area contributed by atoms with Crippen LogP contribution in [-0.4, -0.2) is 25.8 Å². The molecule has 124 valence electrons. The minimum atomic E-state index is -3.63. The quantitative estimate of drug-likeness (QED) is 0.574. The Morgan fingerprint density at radius 3 is 2.17 bits per heavy atom. The zero-order chi connectivity index (χ0) is 17.4. The van der Waals surface area contributed by atoms with Gasteiger partial charge in [0.05, 0.1) is 4.90 Å². The first-order valence-corrected chi connectivity index (χ1v) is 8.99. The van der Waals surface area contributed by atoms with Crippen LogP contribution in [0.25, 0.3) is 0 Å². The highest BCUT2D eigenvalue weighted by molar-refractivity contribution is 7.94. The van der Waals surface area contributed by atoms with Gasteiger partial charge in [-0.2, -0.15) is 0 Å². The molecule has 2 aromatic carbocycles. The van der Waals surface area contributed by atoms with Crippen LogP contribution in [0.4, 0.5) is 0 Å². The molecular formula is C19H19NO3S. The molecule has 0 radical (unpaired) electrons. The molecular weight excluding hydrogens is 322 g/mol. The van der Waals surface area contributed by atoms with Crippen LogP contribution in [0.5, 0.6) is 0 Å². The van der Waals surface area contributed by atoms with Crippen LogP contribution in [0, 0.1) is 0 Å². The summed E-state index contributed by atoms with van der Waals surface area (Å²) in [4.78, 5) is 14.0. The van der Waals surface area contributed by atoms with Crippen molar-refractivity contribution in [3.05, 3.63) is 90.4 Å².